The van der Waals surface area contributed by atoms with Gasteiger partial charge in [-0.3, -0.25) is 19.7 Å². The predicted octanol–water partition coefficient (Wildman–Crippen LogP) is 1.37. The number of hydrogen-bond acceptors (Lipinski definition) is 6. The number of nitrogens with two attached hydrogens (primary N) is 2. The molecule has 1 unspecified atom stereocenters. The summed E-state index contributed by atoms with van der Waals surface area (Å²) in [5, 5.41) is 11.2. The molecule has 0 aliphatic carbocycles. The van der Waals surface area contributed by atoms with Gasteiger partial charge in [0.05, 0.1) is 15.6 Å². The van der Waals surface area contributed by atoms with Crippen LogP contribution in [-0.2, 0) is 4.79 Å². The van der Waals surface area contributed by atoms with E-state index in [2.05, 4.69) is 0 Å². The molecule has 2 rings (SSSR count). The van der Waals surface area contributed by atoms with Gasteiger partial charge < -0.3 is 16.4 Å². The van der Waals surface area contributed by atoms with Gasteiger partial charge in [0.1, 0.15) is 0 Å². The number of hydrogen-bond donors (Lipinski definition) is 2. The molecule has 1 aliphatic heterocycles. The topological polar surface area (TPSA) is 133 Å². The second kappa shape index (κ2) is 7.40. The van der Waals surface area contributed by atoms with E-state index in [-0.39, 0.29) is 34.4 Å². The predicted molar refractivity (Wildman–Crippen MR) is 95.3 cm³/mol. The molecular weight excluding hydrogens is 344 g/mol. The molecule has 25 heavy (non-hydrogen) atoms. The highest BCUT2D eigenvalue weighted by molar-refractivity contribution is 8.00. The molecule has 1 aromatic carbocycles. The molecule has 1 atom stereocenters. The number of carbonyl (C=O) groups excluding carboxylic acids is 2. The number of benzene rings is 1. The molecule has 2 amide bonds. The van der Waals surface area contributed by atoms with Gasteiger partial charge >= 0.3 is 0 Å². The van der Waals surface area contributed by atoms with E-state index in [1.165, 1.54) is 12.1 Å². The van der Waals surface area contributed by atoms with Gasteiger partial charge in [0.2, 0.25) is 11.8 Å². The summed E-state index contributed by atoms with van der Waals surface area (Å²) in [5.74, 6) is -0.733. The summed E-state index contributed by atoms with van der Waals surface area (Å²) < 4.78 is 0. The minimum absolute atomic E-state index is 0.0478. The zero-order valence-corrected chi connectivity index (χ0v) is 15.0. The molecule has 8 nitrogen and oxygen atoms in total. The van der Waals surface area contributed by atoms with Crippen molar-refractivity contribution in [3.8, 4) is 0 Å². The lowest BCUT2D eigenvalue weighted by atomic mass is 9.80. The molecule has 1 fully saturated rings. The van der Waals surface area contributed by atoms with Gasteiger partial charge in [-0.25, -0.2) is 0 Å². The van der Waals surface area contributed by atoms with Crippen LogP contribution in [0.3, 0.4) is 0 Å². The Bertz CT molecular complexity index is 707. The van der Waals surface area contributed by atoms with Gasteiger partial charge in [-0.15, -0.1) is 11.8 Å². The van der Waals surface area contributed by atoms with Crippen molar-refractivity contribution in [2.24, 2.45) is 16.9 Å². The summed E-state index contributed by atoms with van der Waals surface area (Å²) in [4.78, 5) is 36.3. The number of nitro benzene ring substituents is 1. The van der Waals surface area contributed by atoms with Crippen molar-refractivity contribution in [2.75, 3.05) is 18.8 Å². The first-order valence-electron chi connectivity index (χ1n) is 7.86. The lowest BCUT2D eigenvalue weighted by molar-refractivity contribution is -0.387. The normalized spacial score (nSPS) is 19.5. The Morgan fingerprint density at radius 2 is 2.12 bits per heavy atom. The highest BCUT2D eigenvalue weighted by atomic mass is 32.2. The summed E-state index contributed by atoms with van der Waals surface area (Å²) in [6.07, 6.45) is 0.733. The minimum atomic E-state index is -0.734. The van der Waals surface area contributed by atoms with Crippen molar-refractivity contribution in [1.29, 1.82) is 0 Å². The molecule has 1 saturated heterocycles. The third-order valence-electron chi connectivity index (χ3n) is 4.46. The Labute approximate surface area is 150 Å². The molecule has 4 N–H and O–H groups in total. The number of carbonyl (C=O) groups is 2. The molecule has 0 aromatic heterocycles. The van der Waals surface area contributed by atoms with Crippen molar-refractivity contribution < 1.29 is 14.5 Å². The SMILES string of the molecule is CC1(C)CN(C(=O)CSc2ccc(C(N)=O)cc2[N+](=O)[O-])CCC1N. The van der Waals surface area contributed by atoms with Gasteiger partial charge in [-0.05, 0) is 24.0 Å². The minimum Gasteiger partial charge on any atom is -0.366 e. The Balaban J connectivity index is 2.07. The third-order valence-corrected chi connectivity index (χ3v) is 5.50. The largest absolute Gasteiger partial charge is 0.366 e. The first kappa shape index (κ1) is 19.2. The van der Waals surface area contributed by atoms with Crippen LogP contribution in [0.2, 0.25) is 0 Å². The van der Waals surface area contributed by atoms with Gasteiger partial charge in [-0.1, -0.05) is 13.8 Å². The number of likely N-dealkylation sites (tertiary alicyclic amines) is 1. The molecule has 0 bridgehead atoms. The standard InChI is InChI=1S/C16H22N4O4S/c1-16(2)9-19(6-5-13(16)17)14(21)8-25-12-4-3-10(15(18)22)7-11(12)20(23)24/h3-4,7,13H,5-6,8-9,17H2,1-2H3,(H2,18,22). The van der Waals surface area contributed by atoms with Gasteiger partial charge in [-0.2, -0.15) is 0 Å². The van der Waals surface area contributed by atoms with Crippen molar-refractivity contribution in [1.82, 2.24) is 4.90 Å². The van der Waals surface area contributed by atoms with Crippen LogP contribution in [-0.4, -0.2) is 46.5 Å². The summed E-state index contributed by atoms with van der Waals surface area (Å²) in [7, 11) is 0. The zero-order valence-electron chi connectivity index (χ0n) is 14.2. The Hall–Kier alpha value is -2.13. The second-order valence-electron chi connectivity index (χ2n) is 6.79. The smallest absolute Gasteiger partial charge is 0.283 e. The number of thioether (sulfide) groups is 1. The molecule has 136 valence electrons. The van der Waals surface area contributed by atoms with Crippen LogP contribution in [0.25, 0.3) is 0 Å². The second-order valence-corrected chi connectivity index (χ2v) is 7.81. The molecule has 0 radical (unpaired) electrons. The highest BCUT2D eigenvalue weighted by Gasteiger charge is 2.35. The molecule has 0 saturated carbocycles. The maximum Gasteiger partial charge on any atom is 0.283 e. The first-order valence-corrected chi connectivity index (χ1v) is 8.85. The van der Waals surface area contributed by atoms with E-state index >= 15 is 0 Å². The lowest BCUT2D eigenvalue weighted by Gasteiger charge is -2.42. The fraction of sp³-hybridized carbons (Fsp3) is 0.500. The number of rotatable bonds is 5. The quantitative estimate of drug-likeness (QED) is 0.459. The van der Waals surface area contributed by atoms with Crippen LogP contribution < -0.4 is 11.5 Å². The number of nitro groups is 1. The van der Waals surface area contributed by atoms with Crippen molar-refractivity contribution in [3.63, 3.8) is 0 Å². The Morgan fingerprint density at radius 1 is 1.44 bits per heavy atom. The van der Waals surface area contributed by atoms with Crippen LogP contribution in [0.1, 0.15) is 30.6 Å². The fourth-order valence-electron chi connectivity index (χ4n) is 2.75. The maximum atomic E-state index is 12.4. The summed E-state index contributed by atoms with van der Waals surface area (Å²) in [6, 6.07) is 4.06. The monoisotopic (exact) mass is 366 g/mol. The van der Waals surface area contributed by atoms with Crippen molar-refractivity contribution in [3.05, 3.63) is 33.9 Å². The lowest BCUT2D eigenvalue weighted by Crippen LogP contribution is -2.54. The number of nitrogens with zero attached hydrogens (tertiary/aromatic N) is 2. The Morgan fingerprint density at radius 3 is 2.68 bits per heavy atom. The van der Waals surface area contributed by atoms with E-state index in [1.807, 2.05) is 13.8 Å². The highest BCUT2D eigenvalue weighted by Crippen LogP contribution is 2.32. The van der Waals surface area contributed by atoms with Crippen molar-refractivity contribution in [2.45, 2.75) is 31.2 Å². The molecule has 1 aromatic rings. The fourth-order valence-corrected chi connectivity index (χ4v) is 3.66. The summed E-state index contributed by atoms with van der Waals surface area (Å²) >= 11 is 1.08. The van der Waals surface area contributed by atoms with E-state index in [1.54, 1.807) is 4.90 Å². The first-order chi connectivity index (χ1) is 11.6. The average molecular weight is 366 g/mol. The zero-order chi connectivity index (χ0) is 18.8. The molecular formula is C16H22N4O4S. The van der Waals surface area contributed by atoms with Crippen LogP contribution >= 0.6 is 11.8 Å². The van der Waals surface area contributed by atoms with Gasteiger partial charge in [0.25, 0.3) is 5.69 Å². The molecule has 0 spiro atoms. The van der Waals surface area contributed by atoms with E-state index in [0.717, 1.165) is 24.2 Å². The van der Waals surface area contributed by atoms with Crippen LogP contribution in [0.5, 0.6) is 0 Å². The number of primary amides is 1. The average Bonchev–Trinajstić information content (AvgIpc) is 2.54. The summed E-state index contributed by atoms with van der Waals surface area (Å²) in [6.45, 7) is 5.21. The molecule has 1 aliphatic rings. The van der Waals surface area contributed by atoms with Gasteiger partial charge in [0, 0.05) is 30.8 Å². The number of piperidine rings is 1. The van der Waals surface area contributed by atoms with Crippen molar-refractivity contribution >= 4 is 29.3 Å². The van der Waals surface area contributed by atoms with Crippen LogP contribution in [0.15, 0.2) is 23.1 Å². The number of amides is 2. The van der Waals surface area contributed by atoms with E-state index in [4.69, 9.17) is 11.5 Å². The summed E-state index contributed by atoms with van der Waals surface area (Å²) in [5.41, 5.74) is 10.9. The van der Waals surface area contributed by atoms with Crippen LogP contribution in [0.4, 0.5) is 5.69 Å². The van der Waals surface area contributed by atoms with Crippen LogP contribution in [0, 0.1) is 15.5 Å². The molecule has 1 heterocycles. The van der Waals surface area contributed by atoms with Gasteiger partial charge in [0.15, 0.2) is 0 Å². The maximum absolute atomic E-state index is 12.4. The Kier molecular flexibility index (Phi) is 5.69. The molecule has 9 heteroatoms. The van der Waals surface area contributed by atoms with E-state index in [0.29, 0.717) is 18.0 Å². The third kappa shape index (κ3) is 4.49. The van der Waals surface area contributed by atoms with E-state index in [9.17, 15) is 19.7 Å². The van der Waals surface area contributed by atoms with E-state index < -0.39 is 10.8 Å².